The molecule has 1 heterocycles. The van der Waals surface area contributed by atoms with E-state index < -0.39 is 0 Å². The molecule has 0 bridgehead atoms. The zero-order valence-electron chi connectivity index (χ0n) is 12.4. The summed E-state index contributed by atoms with van der Waals surface area (Å²) in [4.78, 5) is 2.61. The minimum absolute atomic E-state index is 0.643. The number of nitrogens with one attached hydrogen (secondary N) is 1. The Hall–Kier alpha value is -1.06. The van der Waals surface area contributed by atoms with E-state index in [1.807, 2.05) is 6.07 Å². The zero-order chi connectivity index (χ0) is 13.7. The fourth-order valence-corrected chi connectivity index (χ4v) is 2.80. The van der Waals surface area contributed by atoms with Gasteiger partial charge in [-0.1, -0.05) is 32.4 Å². The molecule has 1 aromatic rings. The van der Waals surface area contributed by atoms with E-state index in [9.17, 15) is 0 Å². The third kappa shape index (κ3) is 3.71. The molecule has 0 aromatic heterocycles. The highest BCUT2D eigenvalue weighted by Crippen LogP contribution is 2.20. The molecule has 19 heavy (non-hydrogen) atoms. The lowest BCUT2D eigenvalue weighted by Gasteiger charge is -2.39. The van der Waals surface area contributed by atoms with Gasteiger partial charge in [0, 0.05) is 32.2 Å². The first-order chi connectivity index (χ1) is 9.24. The van der Waals surface area contributed by atoms with Gasteiger partial charge < -0.3 is 10.1 Å². The Kier molecular flexibility index (Phi) is 5.23. The molecule has 0 aliphatic carbocycles. The van der Waals surface area contributed by atoms with Crippen LogP contribution in [0.15, 0.2) is 24.3 Å². The number of benzene rings is 1. The smallest absolute Gasteiger partial charge is 0.119 e. The number of nitrogens with zero attached hydrogens (tertiary/aromatic N) is 1. The van der Waals surface area contributed by atoms with E-state index in [0.29, 0.717) is 6.04 Å². The maximum absolute atomic E-state index is 5.31. The van der Waals surface area contributed by atoms with Crippen LogP contribution in [0.5, 0.6) is 5.75 Å². The van der Waals surface area contributed by atoms with E-state index in [4.69, 9.17) is 4.74 Å². The Bertz CT molecular complexity index is 394. The number of piperazine rings is 1. The van der Waals surface area contributed by atoms with Gasteiger partial charge in [0.05, 0.1) is 7.11 Å². The molecular formula is C16H26N2O. The van der Waals surface area contributed by atoms with Crippen molar-refractivity contribution in [2.45, 2.75) is 32.9 Å². The van der Waals surface area contributed by atoms with Crippen molar-refractivity contribution in [3.05, 3.63) is 29.8 Å². The molecule has 106 valence electrons. The molecule has 1 aliphatic rings. The van der Waals surface area contributed by atoms with Crippen LogP contribution in [0.25, 0.3) is 0 Å². The quantitative estimate of drug-likeness (QED) is 0.882. The van der Waals surface area contributed by atoms with E-state index in [1.54, 1.807) is 7.11 Å². The predicted octanol–water partition coefficient (Wildman–Crippen LogP) is 2.52. The van der Waals surface area contributed by atoms with Crippen LogP contribution in [0, 0.1) is 5.92 Å². The standard InChI is InChI=1S/C16H26N2O/c1-4-13(2)16-11-17-8-9-18(16)12-14-6-5-7-15(10-14)19-3/h5-7,10,13,16-17H,4,8-9,11-12H2,1-3H3. The van der Waals surface area contributed by atoms with Crippen molar-refractivity contribution in [1.29, 1.82) is 0 Å². The summed E-state index contributed by atoms with van der Waals surface area (Å²) < 4.78 is 5.31. The summed E-state index contributed by atoms with van der Waals surface area (Å²) in [6.07, 6.45) is 1.24. The fourth-order valence-electron chi connectivity index (χ4n) is 2.80. The van der Waals surface area contributed by atoms with E-state index in [2.05, 4.69) is 42.3 Å². The molecule has 2 rings (SSSR count). The highest BCUT2D eigenvalue weighted by atomic mass is 16.5. The molecule has 1 aliphatic heterocycles. The first kappa shape index (κ1) is 14.4. The highest BCUT2D eigenvalue weighted by Gasteiger charge is 2.26. The summed E-state index contributed by atoms with van der Waals surface area (Å²) >= 11 is 0. The van der Waals surface area contributed by atoms with Gasteiger partial charge in [-0.15, -0.1) is 0 Å². The van der Waals surface area contributed by atoms with Gasteiger partial charge in [0.25, 0.3) is 0 Å². The normalized spacial score (nSPS) is 22.2. The average molecular weight is 262 g/mol. The molecule has 0 amide bonds. The van der Waals surface area contributed by atoms with Gasteiger partial charge >= 0.3 is 0 Å². The van der Waals surface area contributed by atoms with Gasteiger partial charge in [-0.25, -0.2) is 0 Å². The molecule has 0 saturated carbocycles. The molecule has 1 aromatic carbocycles. The molecule has 0 radical (unpaired) electrons. The minimum atomic E-state index is 0.643. The summed E-state index contributed by atoms with van der Waals surface area (Å²) in [6.45, 7) is 9.00. The summed E-state index contributed by atoms with van der Waals surface area (Å²) in [6, 6.07) is 9.07. The highest BCUT2D eigenvalue weighted by molar-refractivity contribution is 5.28. The molecule has 2 unspecified atom stereocenters. The summed E-state index contributed by atoms with van der Waals surface area (Å²) in [5, 5.41) is 3.52. The second-order valence-electron chi connectivity index (χ2n) is 5.48. The number of rotatable bonds is 5. The van der Waals surface area contributed by atoms with Gasteiger partial charge in [-0.2, -0.15) is 0 Å². The van der Waals surface area contributed by atoms with Gasteiger partial charge in [0.15, 0.2) is 0 Å². The topological polar surface area (TPSA) is 24.5 Å². The maximum atomic E-state index is 5.31. The van der Waals surface area contributed by atoms with Crippen LogP contribution in [0.3, 0.4) is 0 Å². The van der Waals surface area contributed by atoms with E-state index in [0.717, 1.165) is 37.8 Å². The Morgan fingerprint density at radius 1 is 1.47 bits per heavy atom. The zero-order valence-corrected chi connectivity index (χ0v) is 12.4. The van der Waals surface area contributed by atoms with Crippen LogP contribution in [-0.4, -0.2) is 37.7 Å². The Morgan fingerprint density at radius 3 is 3.05 bits per heavy atom. The van der Waals surface area contributed by atoms with Crippen LogP contribution in [0.4, 0.5) is 0 Å². The minimum Gasteiger partial charge on any atom is -0.497 e. The molecule has 2 atom stereocenters. The first-order valence-electron chi connectivity index (χ1n) is 7.32. The van der Waals surface area contributed by atoms with Crippen molar-refractivity contribution in [1.82, 2.24) is 10.2 Å². The maximum Gasteiger partial charge on any atom is 0.119 e. The second-order valence-corrected chi connectivity index (χ2v) is 5.48. The molecule has 3 heteroatoms. The first-order valence-corrected chi connectivity index (χ1v) is 7.32. The van der Waals surface area contributed by atoms with Gasteiger partial charge in [-0.3, -0.25) is 4.90 Å². The fraction of sp³-hybridized carbons (Fsp3) is 0.625. The molecule has 1 saturated heterocycles. The summed E-state index contributed by atoms with van der Waals surface area (Å²) in [5.41, 5.74) is 1.34. The van der Waals surface area contributed by atoms with Crippen LogP contribution in [0.1, 0.15) is 25.8 Å². The van der Waals surface area contributed by atoms with Crippen molar-refractivity contribution < 1.29 is 4.74 Å². The number of hydrogen-bond acceptors (Lipinski definition) is 3. The van der Waals surface area contributed by atoms with Crippen molar-refractivity contribution in [2.24, 2.45) is 5.92 Å². The van der Waals surface area contributed by atoms with Crippen LogP contribution in [0.2, 0.25) is 0 Å². The van der Waals surface area contributed by atoms with Gasteiger partial charge in [0.1, 0.15) is 5.75 Å². The predicted molar refractivity (Wildman–Crippen MR) is 79.5 cm³/mol. The lowest BCUT2D eigenvalue weighted by atomic mass is 9.95. The Balaban J connectivity index is 2.06. The van der Waals surface area contributed by atoms with E-state index >= 15 is 0 Å². The third-order valence-corrected chi connectivity index (χ3v) is 4.22. The third-order valence-electron chi connectivity index (χ3n) is 4.22. The van der Waals surface area contributed by atoms with Crippen molar-refractivity contribution in [2.75, 3.05) is 26.7 Å². The van der Waals surface area contributed by atoms with Crippen LogP contribution < -0.4 is 10.1 Å². The van der Waals surface area contributed by atoms with Crippen molar-refractivity contribution in [3.8, 4) is 5.75 Å². The van der Waals surface area contributed by atoms with Crippen molar-refractivity contribution >= 4 is 0 Å². The number of methoxy groups -OCH3 is 1. The largest absolute Gasteiger partial charge is 0.497 e. The monoisotopic (exact) mass is 262 g/mol. The van der Waals surface area contributed by atoms with E-state index in [-0.39, 0.29) is 0 Å². The average Bonchev–Trinajstić information content (AvgIpc) is 2.47. The lowest BCUT2D eigenvalue weighted by Crippen LogP contribution is -2.53. The summed E-state index contributed by atoms with van der Waals surface area (Å²) in [7, 11) is 1.73. The number of ether oxygens (including phenoxy) is 1. The number of hydrogen-bond donors (Lipinski definition) is 1. The van der Waals surface area contributed by atoms with Crippen LogP contribution >= 0.6 is 0 Å². The molecular weight excluding hydrogens is 236 g/mol. The lowest BCUT2D eigenvalue weighted by molar-refractivity contribution is 0.109. The van der Waals surface area contributed by atoms with Crippen LogP contribution in [-0.2, 0) is 6.54 Å². The second kappa shape index (κ2) is 6.92. The van der Waals surface area contributed by atoms with Gasteiger partial charge in [0.2, 0.25) is 0 Å². The van der Waals surface area contributed by atoms with Crippen molar-refractivity contribution in [3.63, 3.8) is 0 Å². The van der Waals surface area contributed by atoms with E-state index in [1.165, 1.54) is 12.0 Å². The molecule has 1 fully saturated rings. The summed E-state index contributed by atoms with van der Waals surface area (Å²) in [5.74, 6) is 1.69. The Morgan fingerprint density at radius 2 is 2.32 bits per heavy atom. The molecule has 1 N–H and O–H groups in total. The van der Waals surface area contributed by atoms with Gasteiger partial charge in [-0.05, 0) is 23.6 Å². The molecule has 0 spiro atoms. The SMILES string of the molecule is CCC(C)C1CNCCN1Cc1cccc(OC)c1. The Labute approximate surface area is 116 Å². The molecule has 3 nitrogen and oxygen atoms in total.